The fourth-order valence-electron chi connectivity index (χ4n) is 2.15. The summed E-state index contributed by atoms with van der Waals surface area (Å²) in [5, 5.41) is 0.672. The van der Waals surface area contributed by atoms with Gasteiger partial charge in [-0.1, -0.05) is 11.6 Å². The van der Waals surface area contributed by atoms with Crippen molar-refractivity contribution in [2.75, 3.05) is 13.1 Å². The fourth-order valence-corrected chi connectivity index (χ4v) is 2.28. The Labute approximate surface area is 113 Å². The van der Waals surface area contributed by atoms with Crippen molar-refractivity contribution in [3.05, 3.63) is 34.9 Å². The monoisotopic (exact) mass is 273 g/mol. The van der Waals surface area contributed by atoms with Crippen molar-refractivity contribution >= 4 is 29.8 Å². The Kier molecular flexibility index (Phi) is 5.44. The second kappa shape index (κ2) is 6.39. The van der Waals surface area contributed by atoms with Gasteiger partial charge >= 0.3 is 0 Å². The first-order chi connectivity index (χ1) is 7.68. The first-order valence-corrected chi connectivity index (χ1v) is 6.10. The van der Waals surface area contributed by atoms with E-state index in [1.165, 1.54) is 12.8 Å². The molecule has 1 unspecified atom stereocenters. The molecule has 4 heteroatoms. The summed E-state index contributed by atoms with van der Waals surface area (Å²) < 4.78 is 0. The van der Waals surface area contributed by atoms with E-state index in [0.29, 0.717) is 5.02 Å². The summed E-state index contributed by atoms with van der Waals surface area (Å²) in [6, 6.07) is 7.13. The summed E-state index contributed by atoms with van der Waals surface area (Å²) in [5.74, 6) is 0.193. The Bertz CT molecular complexity index is 372. The molecule has 1 aromatic carbocycles. The van der Waals surface area contributed by atoms with Crippen LogP contribution in [0.4, 0.5) is 0 Å². The molecule has 0 bridgehead atoms. The lowest BCUT2D eigenvalue weighted by molar-refractivity contribution is 0.0867. The molecule has 1 saturated heterocycles. The summed E-state index contributed by atoms with van der Waals surface area (Å²) in [6.45, 7) is 4.07. The fraction of sp³-hybridized carbons (Fsp3) is 0.462. The number of carbonyl (C=O) groups excluding carboxylic acids is 1. The van der Waals surface area contributed by atoms with Gasteiger partial charge < -0.3 is 0 Å². The Balaban J connectivity index is 0.00000144. The van der Waals surface area contributed by atoms with E-state index in [4.69, 9.17) is 11.6 Å². The maximum atomic E-state index is 12.2. The molecule has 0 saturated carbocycles. The standard InChI is InChI=1S/C13H16ClNO.ClH/c1-10(15-8-2-3-9-15)13(16)11-4-6-12(14)7-5-11;/h4-7,10H,2-3,8-9H2,1H3;1H. The van der Waals surface area contributed by atoms with E-state index in [2.05, 4.69) is 4.90 Å². The smallest absolute Gasteiger partial charge is 0.179 e. The van der Waals surface area contributed by atoms with E-state index in [-0.39, 0.29) is 24.2 Å². The van der Waals surface area contributed by atoms with Gasteiger partial charge in [0, 0.05) is 10.6 Å². The topological polar surface area (TPSA) is 20.3 Å². The van der Waals surface area contributed by atoms with Crippen LogP contribution in [-0.2, 0) is 0 Å². The van der Waals surface area contributed by atoms with Gasteiger partial charge in [0.2, 0.25) is 0 Å². The minimum Gasteiger partial charge on any atom is -0.294 e. The van der Waals surface area contributed by atoms with E-state index < -0.39 is 0 Å². The molecule has 94 valence electrons. The molecule has 0 N–H and O–H groups in total. The number of rotatable bonds is 3. The number of halogens is 2. The van der Waals surface area contributed by atoms with Crippen LogP contribution in [0, 0.1) is 0 Å². The zero-order valence-electron chi connectivity index (χ0n) is 9.86. The van der Waals surface area contributed by atoms with E-state index in [9.17, 15) is 4.79 Å². The lowest BCUT2D eigenvalue weighted by atomic mass is 10.0. The van der Waals surface area contributed by atoms with Crippen molar-refractivity contribution in [3.8, 4) is 0 Å². The van der Waals surface area contributed by atoms with Crippen molar-refractivity contribution in [1.29, 1.82) is 0 Å². The summed E-state index contributed by atoms with van der Waals surface area (Å²) in [7, 11) is 0. The summed E-state index contributed by atoms with van der Waals surface area (Å²) in [4.78, 5) is 14.4. The quantitative estimate of drug-likeness (QED) is 0.787. The average molecular weight is 274 g/mol. The highest BCUT2D eigenvalue weighted by molar-refractivity contribution is 6.30. The maximum absolute atomic E-state index is 12.2. The van der Waals surface area contributed by atoms with Crippen molar-refractivity contribution in [3.63, 3.8) is 0 Å². The Morgan fingerprint density at radius 2 is 1.76 bits per heavy atom. The molecule has 1 aliphatic rings. The average Bonchev–Trinajstić information content (AvgIpc) is 2.81. The van der Waals surface area contributed by atoms with Crippen LogP contribution >= 0.6 is 24.0 Å². The van der Waals surface area contributed by atoms with Crippen LogP contribution in [0.2, 0.25) is 5.02 Å². The highest BCUT2D eigenvalue weighted by Crippen LogP contribution is 2.17. The first-order valence-electron chi connectivity index (χ1n) is 5.72. The first kappa shape index (κ1) is 14.5. The SMILES string of the molecule is CC(C(=O)c1ccc(Cl)cc1)N1CCCC1.Cl. The Morgan fingerprint density at radius 1 is 1.24 bits per heavy atom. The van der Waals surface area contributed by atoms with E-state index >= 15 is 0 Å². The lowest BCUT2D eigenvalue weighted by Gasteiger charge is -2.22. The molecule has 1 aliphatic heterocycles. The van der Waals surface area contributed by atoms with Crippen LogP contribution in [0.3, 0.4) is 0 Å². The molecule has 0 aliphatic carbocycles. The van der Waals surface area contributed by atoms with E-state index in [1.54, 1.807) is 24.3 Å². The molecule has 0 spiro atoms. The van der Waals surface area contributed by atoms with Crippen molar-refractivity contribution in [2.24, 2.45) is 0 Å². The molecule has 0 amide bonds. The highest BCUT2D eigenvalue weighted by atomic mass is 35.5. The van der Waals surface area contributed by atoms with Gasteiger partial charge in [0.1, 0.15) is 0 Å². The largest absolute Gasteiger partial charge is 0.294 e. The third-order valence-corrected chi connectivity index (χ3v) is 3.45. The molecule has 1 fully saturated rings. The van der Waals surface area contributed by atoms with Gasteiger partial charge in [0.25, 0.3) is 0 Å². The molecule has 2 nitrogen and oxygen atoms in total. The Hall–Kier alpha value is -0.570. The minimum atomic E-state index is -0.0105. The van der Waals surface area contributed by atoms with Gasteiger partial charge in [-0.2, -0.15) is 0 Å². The number of hydrogen-bond acceptors (Lipinski definition) is 2. The molecule has 1 atom stereocenters. The third kappa shape index (κ3) is 3.44. The van der Waals surface area contributed by atoms with Gasteiger partial charge in [-0.05, 0) is 57.1 Å². The predicted molar refractivity (Wildman–Crippen MR) is 73.3 cm³/mol. The van der Waals surface area contributed by atoms with Crippen LogP contribution in [0.25, 0.3) is 0 Å². The molecule has 0 radical (unpaired) electrons. The van der Waals surface area contributed by atoms with E-state index in [0.717, 1.165) is 18.7 Å². The molecule has 0 aromatic heterocycles. The van der Waals surface area contributed by atoms with Crippen LogP contribution in [0.5, 0.6) is 0 Å². The van der Waals surface area contributed by atoms with Gasteiger partial charge in [-0.3, -0.25) is 9.69 Å². The summed E-state index contributed by atoms with van der Waals surface area (Å²) in [6.07, 6.45) is 2.41. The summed E-state index contributed by atoms with van der Waals surface area (Å²) in [5.41, 5.74) is 0.754. The van der Waals surface area contributed by atoms with Crippen molar-refractivity contribution in [2.45, 2.75) is 25.8 Å². The van der Waals surface area contributed by atoms with Crippen LogP contribution in [-0.4, -0.2) is 29.8 Å². The normalized spacial score (nSPS) is 17.5. The minimum absolute atomic E-state index is 0. The second-order valence-corrected chi connectivity index (χ2v) is 4.73. The number of carbonyl (C=O) groups is 1. The molecule has 1 aromatic rings. The summed E-state index contributed by atoms with van der Waals surface area (Å²) >= 11 is 5.80. The number of nitrogens with zero attached hydrogens (tertiary/aromatic N) is 1. The van der Waals surface area contributed by atoms with Gasteiger partial charge in [0.05, 0.1) is 6.04 Å². The number of ketones is 1. The van der Waals surface area contributed by atoms with Gasteiger partial charge in [-0.25, -0.2) is 0 Å². The number of hydrogen-bond donors (Lipinski definition) is 0. The lowest BCUT2D eigenvalue weighted by Crippen LogP contribution is -2.36. The number of likely N-dealkylation sites (tertiary alicyclic amines) is 1. The zero-order chi connectivity index (χ0) is 11.5. The van der Waals surface area contributed by atoms with E-state index in [1.807, 2.05) is 6.92 Å². The maximum Gasteiger partial charge on any atom is 0.179 e. The molecular formula is C13H17Cl2NO. The predicted octanol–water partition coefficient (Wildman–Crippen LogP) is 3.43. The van der Waals surface area contributed by atoms with Crippen molar-refractivity contribution in [1.82, 2.24) is 4.90 Å². The molecule has 17 heavy (non-hydrogen) atoms. The highest BCUT2D eigenvalue weighted by Gasteiger charge is 2.24. The van der Waals surface area contributed by atoms with Crippen LogP contribution in [0.15, 0.2) is 24.3 Å². The zero-order valence-corrected chi connectivity index (χ0v) is 11.4. The Morgan fingerprint density at radius 3 is 2.29 bits per heavy atom. The third-order valence-electron chi connectivity index (χ3n) is 3.20. The molecule has 1 heterocycles. The molecular weight excluding hydrogens is 257 g/mol. The van der Waals surface area contributed by atoms with Gasteiger partial charge in [0.15, 0.2) is 5.78 Å². The van der Waals surface area contributed by atoms with Crippen LogP contribution < -0.4 is 0 Å². The van der Waals surface area contributed by atoms with Gasteiger partial charge in [-0.15, -0.1) is 12.4 Å². The van der Waals surface area contributed by atoms with Crippen LogP contribution in [0.1, 0.15) is 30.1 Å². The van der Waals surface area contributed by atoms with Crippen molar-refractivity contribution < 1.29 is 4.79 Å². The number of benzene rings is 1. The second-order valence-electron chi connectivity index (χ2n) is 4.29. The molecule has 2 rings (SSSR count). The number of Topliss-reactive ketones (excluding diaryl/α,β-unsaturated/α-hetero) is 1.